The van der Waals surface area contributed by atoms with Crippen LogP contribution in [0, 0.1) is 6.92 Å². The molecule has 20 heavy (non-hydrogen) atoms. The van der Waals surface area contributed by atoms with Crippen molar-refractivity contribution in [2.24, 2.45) is 0 Å². The fourth-order valence-corrected chi connectivity index (χ4v) is 2.28. The van der Waals surface area contributed by atoms with E-state index in [4.69, 9.17) is 4.74 Å². The number of aryl methyl sites for hydroxylation is 1. The number of aromatic amines is 1. The average molecular weight is 266 g/mol. The van der Waals surface area contributed by atoms with Gasteiger partial charge in [0, 0.05) is 23.3 Å². The van der Waals surface area contributed by atoms with E-state index in [-0.39, 0.29) is 5.56 Å². The normalized spacial score (nSPS) is 10.7. The topological polar surface area (TPSA) is 55.0 Å². The highest BCUT2D eigenvalue weighted by Gasteiger charge is 2.09. The molecule has 3 rings (SSSR count). The number of fused-ring (bicyclic) bond motifs is 1. The zero-order valence-corrected chi connectivity index (χ0v) is 11.3. The Morgan fingerprint density at radius 2 is 1.95 bits per heavy atom. The van der Waals surface area contributed by atoms with Crippen molar-refractivity contribution in [1.82, 2.24) is 9.97 Å². The number of pyridine rings is 2. The summed E-state index contributed by atoms with van der Waals surface area (Å²) in [5.74, 6) is 0.747. The second-order valence-corrected chi connectivity index (χ2v) is 4.61. The molecule has 0 unspecified atom stereocenters. The number of H-pyrrole nitrogens is 1. The summed E-state index contributed by atoms with van der Waals surface area (Å²) in [6.07, 6.45) is 1.71. The minimum absolute atomic E-state index is 0.111. The van der Waals surface area contributed by atoms with Gasteiger partial charge in [0.1, 0.15) is 11.3 Å². The Morgan fingerprint density at radius 1 is 1.10 bits per heavy atom. The van der Waals surface area contributed by atoms with Gasteiger partial charge < -0.3 is 9.72 Å². The second-order valence-electron chi connectivity index (χ2n) is 4.61. The number of hydrogen-bond donors (Lipinski definition) is 1. The van der Waals surface area contributed by atoms with E-state index in [2.05, 4.69) is 9.97 Å². The van der Waals surface area contributed by atoms with Crippen LogP contribution in [0.3, 0.4) is 0 Å². The van der Waals surface area contributed by atoms with Gasteiger partial charge in [-0.05, 0) is 42.3 Å². The van der Waals surface area contributed by atoms with Crippen molar-refractivity contribution in [2.75, 3.05) is 7.11 Å². The summed E-state index contributed by atoms with van der Waals surface area (Å²) in [5, 5.41) is 1.00. The monoisotopic (exact) mass is 266 g/mol. The lowest BCUT2D eigenvalue weighted by Crippen LogP contribution is -2.01. The van der Waals surface area contributed by atoms with E-state index < -0.39 is 0 Å². The van der Waals surface area contributed by atoms with Crippen LogP contribution in [-0.2, 0) is 0 Å². The van der Waals surface area contributed by atoms with E-state index in [1.807, 2.05) is 31.2 Å². The number of benzene rings is 1. The number of aromatic nitrogens is 2. The Kier molecular flexibility index (Phi) is 2.99. The SMILES string of the molecule is COc1ccc(-c2ccc(=O)[nH]c2)c2ccc(C)nc12. The third-order valence-electron chi connectivity index (χ3n) is 3.27. The van der Waals surface area contributed by atoms with Crippen LogP contribution in [0.4, 0.5) is 0 Å². The summed E-state index contributed by atoms with van der Waals surface area (Å²) < 4.78 is 5.37. The van der Waals surface area contributed by atoms with Gasteiger partial charge in [-0.1, -0.05) is 6.07 Å². The molecular formula is C16H14N2O2. The Hall–Kier alpha value is -2.62. The highest BCUT2D eigenvalue weighted by Crippen LogP contribution is 2.32. The van der Waals surface area contributed by atoms with Gasteiger partial charge in [0.15, 0.2) is 0 Å². The summed E-state index contributed by atoms with van der Waals surface area (Å²) in [5.41, 5.74) is 3.62. The van der Waals surface area contributed by atoms with E-state index in [0.717, 1.165) is 33.5 Å². The summed E-state index contributed by atoms with van der Waals surface area (Å²) in [4.78, 5) is 18.4. The van der Waals surface area contributed by atoms with E-state index in [1.165, 1.54) is 6.07 Å². The maximum atomic E-state index is 11.2. The number of rotatable bonds is 2. The van der Waals surface area contributed by atoms with Gasteiger partial charge in [-0.15, -0.1) is 0 Å². The van der Waals surface area contributed by atoms with Crippen LogP contribution < -0.4 is 10.3 Å². The molecule has 0 radical (unpaired) electrons. The van der Waals surface area contributed by atoms with Crippen LogP contribution in [0.5, 0.6) is 5.75 Å². The molecule has 0 aliphatic carbocycles. The third kappa shape index (κ3) is 2.05. The van der Waals surface area contributed by atoms with Crippen LogP contribution in [0.2, 0.25) is 0 Å². The average Bonchev–Trinajstić information content (AvgIpc) is 2.47. The van der Waals surface area contributed by atoms with Crippen molar-refractivity contribution in [1.29, 1.82) is 0 Å². The molecular weight excluding hydrogens is 252 g/mol. The molecule has 0 atom stereocenters. The molecule has 0 aliphatic heterocycles. The summed E-state index contributed by atoms with van der Waals surface area (Å²) in [6, 6.07) is 11.2. The summed E-state index contributed by atoms with van der Waals surface area (Å²) in [7, 11) is 1.64. The number of nitrogens with one attached hydrogen (secondary N) is 1. The quantitative estimate of drug-likeness (QED) is 0.776. The van der Waals surface area contributed by atoms with Crippen LogP contribution in [0.15, 0.2) is 47.4 Å². The van der Waals surface area contributed by atoms with Crippen molar-refractivity contribution >= 4 is 10.9 Å². The Balaban J connectivity index is 2.32. The largest absolute Gasteiger partial charge is 0.494 e. The zero-order chi connectivity index (χ0) is 14.1. The molecule has 4 nitrogen and oxygen atoms in total. The van der Waals surface area contributed by atoms with Gasteiger partial charge in [0.2, 0.25) is 5.56 Å². The van der Waals surface area contributed by atoms with E-state index >= 15 is 0 Å². The van der Waals surface area contributed by atoms with Gasteiger partial charge in [0.05, 0.1) is 7.11 Å². The number of hydrogen-bond acceptors (Lipinski definition) is 3. The second kappa shape index (κ2) is 4.81. The maximum absolute atomic E-state index is 11.2. The van der Waals surface area contributed by atoms with Gasteiger partial charge in [-0.2, -0.15) is 0 Å². The molecule has 0 aliphatic rings. The molecule has 2 heterocycles. The predicted octanol–water partition coefficient (Wildman–Crippen LogP) is 2.91. The fraction of sp³-hybridized carbons (Fsp3) is 0.125. The smallest absolute Gasteiger partial charge is 0.247 e. The summed E-state index contributed by atoms with van der Waals surface area (Å²) in [6.45, 7) is 1.95. The Morgan fingerprint density at radius 3 is 2.65 bits per heavy atom. The molecule has 100 valence electrons. The Labute approximate surface area is 116 Å². The molecule has 0 saturated carbocycles. The maximum Gasteiger partial charge on any atom is 0.247 e. The summed E-state index contributed by atoms with van der Waals surface area (Å²) >= 11 is 0. The molecule has 0 fully saturated rings. The van der Waals surface area contributed by atoms with E-state index in [0.29, 0.717) is 0 Å². The minimum Gasteiger partial charge on any atom is -0.494 e. The molecule has 0 amide bonds. The van der Waals surface area contributed by atoms with Crippen molar-refractivity contribution in [3.63, 3.8) is 0 Å². The third-order valence-corrected chi connectivity index (χ3v) is 3.27. The Bertz CT molecular complexity index is 817. The van der Waals surface area contributed by atoms with Crippen molar-refractivity contribution in [3.8, 4) is 16.9 Å². The van der Waals surface area contributed by atoms with E-state index in [1.54, 1.807) is 19.4 Å². The minimum atomic E-state index is -0.111. The van der Waals surface area contributed by atoms with Crippen LogP contribution >= 0.6 is 0 Å². The molecule has 3 aromatic rings. The first-order valence-corrected chi connectivity index (χ1v) is 6.32. The van der Waals surface area contributed by atoms with Gasteiger partial charge in [-0.25, -0.2) is 4.98 Å². The molecule has 1 N–H and O–H groups in total. The van der Waals surface area contributed by atoms with Crippen molar-refractivity contribution in [2.45, 2.75) is 6.92 Å². The lowest BCUT2D eigenvalue weighted by molar-refractivity contribution is 0.419. The van der Waals surface area contributed by atoms with Gasteiger partial charge in [-0.3, -0.25) is 4.79 Å². The van der Waals surface area contributed by atoms with Crippen LogP contribution in [0.25, 0.3) is 22.0 Å². The molecule has 4 heteroatoms. The number of nitrogens with zero attached hydrogens (tertiary/aromatic N) is 1. The lowest BCUT2D eigenvalue weighted by Gasteiger charge is -2.10. The molecule has 0 saturated heterocycles. The fourth-order valence-electron chi connectivity index (χ4n) is 2.28. The highest BCUT2D eigenvalue weighted by atomic mass is 16.5. The van der Waals surface area contributed by atoms with Crippen molar-refractivity contribution < 1.29 is 4.74 Å². The highest BCUT2D eigenvalue weighted by molar-refractivity contribution is 5.97. The molecule has 1 aromatic carbocycles. The zero-order valence-electron chi connectivity index (χ0n) is 11.3. The van der Waals surface area contributed by atoms with Crippen LogP contribution in [0.1, 0.15) is 5.69 Å². The predicted molar refractivity (Wildman–Crippen MR) is 79.1 cm³/mol. The first kappa shape index (κ1) is 12.4. The van der Waals surface area contributed by atoms with Gasteiger partial charge >= 0.3 is 0 Å². The molecule has 0 spiro atoms. The first-order valence-electron chi connectivity index (χ1n) is 6.32. The standard InChI is InChI=1S/C16H14N2O2/c1-10-3-5-13-12(11-4-8-15(19)17-9-11)6-7-14(20-2)16(13)18-10/h3-9H,1-2H3,(H,17,19). The molecule has 2 aromatic heterocycles. The first-order chi connectivity index (χ1) is 9.69. The number of methoxy groups -OCH3 is 1. The van der Waals surface area contributed by atoms with Crippen molar-refractivity contribution in [3.05, 3.63) is 58.6 Å². The van der Waals surface area contributed by atoms with Gasteiger partial charge in [0.25, 0.3) is 0 Å². The van der Waals surface area contributed by atoms with E-state index in [9.17, 15) is 4.79 Å². The number of ether oxygens (including phenoxy) is 1. The van der Waals surface area contributed by atoms with Crippen LogP contribution in [-0.4, -0.2) is 17.1 Å². The lowest BCUT2D eigenvalue weighted by atomic mass is 10.0. The molecule has 0 bridgehead atoms.